The van der Waals surface area contributed by atoms with E-state index < -0.39 is 0 Å². The van der Waals surface area contributed by atoms with Gasteiger partial charge in [0.2, 0.25) is 11.8 Å². The van der Waals surface area contributed by atoms with Crippen LogP contribution in [0.15, 0.2) is 0 Å². The van der Waals surface area contributed by atoms with E-state index >= 15 is 0 Å². The van der Waals surface area contributed by atoms with Crippen LogP contribution >= 0.6 is 0 Å². The molecule has 2 heterocycles. The minimum absolute atomic E-state index is 0.0814. The first-order valence-corrected chi connectivity index (χ1v) is 6.35. The van der Waals surface area contributed by atoms with Gasteiger partial charge >= 0.3 is 0 Å². The van der Waals surface area contributed by atoms with Gasteiger partial charge in [0.05, 0.1) is 5.92 Å². The highest BCUT2D eigenvalue weighted by molar-refractivity contribution is 5.81. The van der Waals surface area contributed by atoms with Crippen LogP contribution in [0.4, 0.5) is 0 Å². The summed E-state index contributed by atoms with van der Waals surface area (Å²) in [6, 6.07) is 0.385. The molecule has 0 spiro atoms. The highest BCUT2D eigenvalue weighted by atomic mass is 16.2. The Morgan fingerprint density at radius 2 is 2.24 bits per heavy atom. The van der Waals surface area contributed by atoms with E-state index in [2.05, 4.69) is 10.6 Å². The van der Waals surface area contributed by atoms with Crippen LogP contribution in [0, 0.1) is 5.92 Å². The van der Waals surface area contributed by atoms with Crippen molar-refractivity contribution in [2.75, 3.05) is 20.1 Å². The van der Waals surface area contributed by atoms with E-state index in [1.807, 2.05) is 6.92 Å². The lowest BCUT2D eigenvalue weighted by Gasteiger charge is -2.31. The predicted molar refractivity (Wildman–Crippen MR) is 64.4 cm³/mol. The fraction of sp³-hybridized carbons (Fsp3) is 0.833. The van der Waals surface area contributed by atoms with Crippen molar-refractivity contribution in [3.05, 3.63) is 0 Å². The molecule has 2 aliphatic rings. The summed E-state index contributed by atoms with van der Waals surface area (Å²) in [7, 11) is 1.79. The lowest BCUT2D eigenvalue weighted by atomic mass is 9.99. The number of nitrogens with one attached hydrogen (secondary N) is 2. The van der Waals surface area contributed by atoms with Gasteiger partial charge in [-0.25, -0.2) is 0 Å². The lowest BCUT2D eigenvalue weighted by molar-refractivity contribution is -0.134. The molecule has 0 aliphatic carbocycles. The minimum atomic E-state index is 0.0814. The maximum atomic E-state index is 12.1. The highest BCUT2D eigenvalue weighted by Gasteiger charge is 2.32. The van der Waals surface area contributed by atoms with Gasteiger partial charge in [0, 0.05) is 32.1 Å². The lowest BCUT2D eigenvalue weighted by Crippen LogP contribution is -2.50. The Balaban J connectivity index is 1.84. The Morgan fingerprint density at radius 3 is 2.82 bits per heavy atom. The molecule has 3 unspecified atom stereocenters. The van der Waals surface area contributed by atoms with Crippen molar-refractivity contribution in [3.8, 4) is 0 Å². The van der Waals surface area contributed by atoms with Crippen LogP contribution in [0.5, 0.6) is 0 Å². The fourth-order valence-corrected chi connectivity index (χ4v) is 2.66. The number of nitrogens with zero attached hydrogens (tertiary/aromatic N) is 1. The number of hydrogen-bond acceptors (Lipinski definition) is 3. The first-order chi connectivity index (χ1) is 8.08. The van der Waals surface area contributed by atoms with E-state index in [4.69, 9.17) is 0 Å². The quantitative estimate of drug-likeness (QED) is 0.697. The Morgan fingerprint density at radius 1 is 1.47 bits per heavy atom. The molecule has 2 amide bonds. The molecule has 0 bridgehead atoms. The third kappa shape index (κ3) is 2.77. The van der Waals surface area contributed by atoms with Crippen LogP contribution in [0.1, 0.15) is 26.2 Å². The van der Waals surface area contributed by atoms with Crippen molar-refractivity contribution >= 4 is 11.8 Å². The molecule has 2 fully saturated rings. The maximum Gasteiger partial charge on any atom is 0.224 e. The first kappa shape index (κ1) is 12.4. The molecule has 2 rings (SSSR count). The molecule has 0 aromatic carbocycles. The number of carbonyl (C=O) groups excluding carboxylic acids is 2. The summed E-state index contributed by atoms with van der Waals surface area (Å²) in [5.74, 6) is 0.389. The molecule has 2 aliphatic heterocycles. The predicted octanol–water partition coefficient (Wildman–Crippen LogP) is -0.279. The number of likely N-dealkylation sites (tertiary alicyclic amines) is 1. The van der Waals surface area contributed by atoms with E-state index in [1.54, 1.807) is 11.9 Å². The standard InChI is InChI=1S/C12H21N3O2/c1-8-10(5-6-13-8)12(17)14-9-3-4-11(16)15(2)7-9/h8-10,13H,3-7H2,1-2H3,(H,14,17). The first-order valence-electron chi connectivity index (χ1n) is 6.35. The second-order valence-corrected chi connectivity index (χ2v) is 5.16. The van der Waals surface area contributed by atoms with E-state index in [0.29, 0.717) is 13.0 Å². The van der Waals surface area contributed by atoms with Crippen LogP contribution in [-0.4, -0.2) is 48.9 Å². The van der Waals surface area contributed by atoms with Crippen LogP contribution < -0.4 is 10.6 Å². The molecule has 96 valence electrons. The van der Waals surface area contributed by atoms with Crippen molar-refractivity contribution in [2.24, 2.45) is 5.92 Å². The van der Waals surface area contributed by atoms with Crippen molar-refractivity contribution in [1.82, 2.24) is 15.5 Å². The van der Waals surface area contributed by atoms with Gasteiger partial charge in [0.15, 0.2) is 0 Å². The average molecular weight is 239 g/mol. The molecule has 0 aromatic heterocycles. The number of piperidine rings is 1. The van der Waals surface area contributed by atoms with Crippen LogP contribution in [-0.2, 0) is 9.59 Å². The summed E-state index contributed by atoms with van der Waals surface area (Å²) in [4.78, 5) is 25.1. The number of hydrogen-bond donors (Lipinski definition) is 2. The number of carbonyl (C=O) groups is 2. The Bertz CT molecular complexity index is 319. The summed E-state index contributed by atoms with van der Waals surface area (Å²) in [5.41, 5.74) is 0. The molecule has 0 saturated carbocycles. The van der Waals surface area contributed by atoms with E-state index in [0.717, 1.165) is 19.4 Å². The largest absolute Gasteiger partial charge is 0.351 e. The molecule has 5 heteroatoms. The number of rotatable bonds is 2. The zero-order valence-electron chi connectivity index (χ0n) is 10.5. The molecular formula is C12H21N3O2. The smallest absolute Gasteiger partial charge is 0.224 e. The third-order valence-corrected chi connectivity index (χ3v) is 3.84. The van der Waals surface area contributed by atoms with Gasteiger partial charge in [-0.15, -0.1) is 0 Å². The molecule has 2 N–H and O–H groups in total. The van der Waals surface area contributed by atoms with E-state index in [9.17, 15) is 9.59 Å². The monoisotopic (exact) mass is 239 g/mol. The summed E-state index contributed by atoms with van der Waals surface area (Å²) < 4.78 is 0. The minimum Gasteiger partial charge on any atom is -0.351 e. The second kappa shape index (κ2) is 5.04. The highest BCUT2D eigenvalue weighted by Crippen LogP contribution is 2.17. The van der Waals surface area contributed by atoms with Crippen molar-refractivity contribution in [2.45, 2.75) is 38.3 Å². The van der Waals surface area contributed by atoms with E-state index in [1.165, 1.54) is 0 Å². The molecule has 5 nitrogen and oxygen atoms in total. The Hall–Kier alpha value is -1.10. The van der Waals surface area contributed by atoms with Gasteiger partial charge in [-0.3, -0.25) is 9.59 Å². The van der Waals surface area contributed by atoms with Gasteiger partial charge in [0.1, 0.15) is 0 Å². The fourth-order valence-electron chi connectivity index (χ4n) is 2.66. The molecule has 17 heavy (non-hydrogen) atoms. The van der Waals surface area contributed by atoms with Gasteiger partial charge in [0.25, 0.3) is 0 Å². The van der Waals surface area contributed by atoms with Gasteiger partial charge in [-0.1, -0.05) is 0 Å². The summed E-state index contributed by atoms with van der Waals surface area (Å²) >= 11 is 0. The maximum absolute atomic E-state index is 12.1. The summed E-state index contributed by atoms with van der Waals surface area (Å²) in [5, 5.41) is 6.35. The van der Waals surface area contributed by atoms with Crippen molar-refractivity contribution in [3.63, 3.8) is 0 Å². The third-order valence-electron chi connectivity index (χ3n) is 3.84. The van der Waals surface area contributed by atoms with Crippen molar-refractivity contribution in [1.29, 1.82) is 0 Å². The Labute approximate surface area is 102 Å². The molecule has 0 radical (unpaired) electrons. The van der Waals surface area contributed by atoms with E-state index in [-0.39, 0.29) is 29.8 Å². The topological polar surface area (TPSA) is 61.4 Å². The molecule has 2 saturated heterocycles. The molecule has 3 atom stereocenters. The molecule has 0 aromatic rings. The normalized spacial score (nSPS) is 33.9. The zero-order chi connectivity index (χ0) is 12.4. The average Bonchev–Trinajstić information content (AvgIpc) is 2.70. The molecular weight excluding hydrogens is 218 g/mol. The zero-order valence-corrected chi connectivity index (χ0v) is 10.5. The van der Waals surface area contributed by atoms with Gasteiger partial charge < -0.3 is 15.5 Å². The van der Waals surface area contributed by atoms with Crippen LogP contribution in [0.2, 0.25) is 0 Å². The number of amides is 2. The van der Waals surface area contributed by atoms with Gasteiger partial charge in [-0.2, -0.15) is 0 Å². The summed E-state index contributed by atoms with van der Waals surface area (Å²) in [6.07, 6.45) is 2.22. The second-order valence-electron chi connectivity index (χ2n) is 5.16. The SMILES string of the molecule is CC1NCCC1C(=O)NC1CCC(=O)N(C)C1. The van der Waals surface area contributed by atoms with Crippen molar-refractivity contribution < 1.29 is 9.59 Å². The van der Waals surface area contributed by atoms with Gasteiger partial charge in [-0.05, 0) is 26.3 Å². The Kier molecular flexibility index (Phi) is 3.66. The number of likely N-dealkylation sites (N-methyl/N-ethyl adjacent to an activating group) is 1. The summed E-state index contributed by atoms with van der Waals surface area (Å²) in [6.45, 7) is 3.61. The van der Waals surface area contributed by atoms with Crippen LogP contribution in [0.3, 0.4) is 0 Å². The van der Waals surface area contributed by atoms with Crippen LogP contribution in [0.25, 0.3) is 0 Å².